The first kappa shape index (κ1) is 19.2. The number of ether oxygens (including phenoxy) is 1. The highest BCUT2D eigenvalue weighted by Crippen LogP contribution is 2.15. The highest BCUT2D eigenvalue weighted by molar-refractivity contribution is 5.98. The van der Waals surface area contributed by atoms with E-state index in [4.69, 9.17) is 4.74 Å². The van der Waals surface area contributed by atoms with Crippen LogP contribution in [0.3, 0.4) is 0 Å². The van der Waals surface area contributed by atoms with Gasteiger partial charge in [0.2, 0.25) is 5.91 Å². The van der Waals surface area contributed by atoms with Crippen LogP contribution in [0.25, 0.3) is 5.52 Å². The molecule has 2 aromatic heterocycles. The highest BCUT2D eigenvalue weighted by atomic mass is 16.5. The Labute approximate surface area is 173 Å². The molecule has 7 heteroatoms. The van der Waals surface area contributed by atoms with Crippen LogP contribution in [0.1, 0.15) is 16.1 Å². The van der Waals surface area contributed by atoms with Crippen molar-refractivity contribution < 1.29 is 14.3 Å². The smallest absolute Gasteiger partial charge is 0.272 e. The molecule has 0 atom stereocenters. The van der Waals surface area contributed by atoms with Crippen LogP contribution in [0.2, 0.25) is 0 Å². The molecule has 0 saturated carbocycles. The molecule has 0 aliphatic carbocycles. The van der Waals surface area contributed by atoms with E-state index in [0.29, 0.717) is 12.3 Å². The number of amides is 2. The number of fused-ring (bicyclic) bond motifs is 1. The minimum absolute atomic E-state index is 0.155. The molecule has 0 bridgehead atoms. The van der Waals surface area contributed by atoms with Crippen LogP contribution in [0.15, 0.2) is 85.1 Å². The third-order valence-corrected chi connectivity index (χ3v) is 4.37. The molecule has 150 valence electrons. The molecule has 2 amide bonds. The summed E-state index contributed by atoms with van der Waals surface area (Å²) in [7, 11) is 0. The predicted molar refractivity (Wildman–Crippen MR) is 113 cm³/mol. The lowest BCUT2D eigenvalue weighted by Crippen LogP contribution is -2.33. The van der Waals surface area contributed by atoms with E-state index in [0.717, 1.165) is 16.8 Å². The van der Waals surface area contributed by atoms with E-state index in [9.17, 15) is 9.59 Å². The van der Waals surface area contributed by atoms with E-state index < -0.39 is 5.91 Å². The van der Waals surface area contributed by atoms with Gasteiger partial charge < -0.3 is 15.4 Å². The first-order chi connectivity index (χ1) is 14.7. The molecule has 30 heavy (non-hydrogen) atoms. The minimum atomic E-state index is -0.404. The Morgan fingerprint density at radius 2 is 1.77 bits per heavy atom. The summed E-state index contributed by atoms with van der Waals surface area (Å²) in [6, 6.07) is 24.1. The summed E-state index contributed by atoms with van der Waals surface area (Å²) in [6.45, 7) is 0.232. The fourth-order valence-electron chi connectivity index (χ4n) is 2.93. The van der Waals surface area contributed by atoms with Gasteiger partial charge in [0.05, 0.1) is 12.1 Å². The number of hydrogen-bond donors (Lipinski definition) is 2. The van der Waals surface area contributed by atoms with E-state index in [1.54, 1.807) is 22.8 Å². The normalized spacial score (nSPS) is 10.5. The SMILES string of the molecule is O=C(CNC(=O)c1cc2ccccn2n1)Nc1cccc(COc2ccccc2)c1. The zero-order valence-electron chi connectivity index (χ0n) is 16.1. The van der Waals surface area contributed by atoms with Gasteiger partial charge in [0.1, 0.15) is 12.4 Å². The van der Waals surface area contributed by atoms with Crippen molar-refractivity contribution in [1.29, 1.82) is 0 Å². The van der Waals surface area contributed by atoms with Crippen LogP contribution in [-0.4, -0.2) is 28.0 Å². The molecule has 0 radical (unpaired) electrons. The Balaban J connectivity index is 1.29. The van der Waals surface area contributed by atoms with Crippen LogP contribution >= 0.6 is 0 Å². The summed E-state index contributed by atoms with van der Waals surface area (Å²) in [5.41, 5.74) is 2.62. The van der Waals surface area contributed by atoms with Crippen molar-refractivity contribution in [2.45, 2.75) is 6.61 Å². The molecule has 0 saturated heterocycles. The van der Waals surface area contributed by atoms with E-state index in [1.807, 2.05) is 66.7 Å². The summed E-state index contributed by atoms with van der Waals surface area (Å²) < 4.78 is 7.34. The third-order valence-electron chi connectivity index (χ3n) is 4.37. The van der Waals surface area contributed by atoms with Gasteiger partial charge in [-0.1, -0.05) is 36.4 Å². The lowest BCUT2D eigenvalue weighted by molar-refractivity contribution is -0.115. The number of benzene rings is 2. The molecular formula is C23H20N4O3. The quantitative estimate of drug-likeness (QED) is 0.499. The van der Waals surface area contributed by atoms with Gasteiger partial charge >= 0.3 is 0 Å². The van der Waals surface area contributed by atoms with Gasteiger partial charge in [-0.3, -0.25) is 9.59 Å². The molecule has 0 aliphatic rings. The van der Waals surface area contributed by atoms with Crippen molar-refractivity contribution in [2.24, 2.45) is 0 Å². The number of nitrogens with one attached hydrogen (secondary N) is 2. The summed E-state index contributed by atoms with van der Waals surface area (Å²) in [4.78, 5) is 24.5. The van der Waals surface area contributed by atoms with Crippen molar-refractivity contribution in [2.75, 3.05) is 11.9 Å². The number of anilines is 1. The maximum atomic E-state index is 12.3. The van der Waals surface area contributed by atoms with Crippen molar-refractivity contribution in [3.63, 3.8) is 0 Å². The number of nitrogens with zero attached hydrogens (tertiary/aromatic N) is 2. The number of pyridine rings is 1. The van der Waals surface area contributed by atoms with Crippen LogP contribution in [0.4, 0.5) is 5.69 Å². The summed E-state index contributed by atoms with van der Waals surface area (Å²) in [5, 5.41) is 9.56. The Kier molecular flexibility index (Phi) is 5.70. The van der Waals surface area contributed by atoms with E-state index in [2.05, 4.69) is 15.7 Å². The first-order valence-electron chi connectivity index (χ1n) is 9.47. The Hall–Kier alpha value is -4.13. The zero-order chi connectivity index (χ0) is 20.8. The number of carbonyl (C=O) groups is 2. The van der Waals surface area contributed by atoms with Crippen molar-refractivity contribution >= 4 is 23.0 Å². The molecule has 2 aromatic carbocycles. The van der Waals surface area contributed by atoms with Crippen LogP contribution in [-0.2, 0) is 11.4 Å². The largest absolute Gasteiger partial charge is 0.489 e. The zero-order valence-corrected chi connectivity index (χ0v) is 16.1. The van der Waals surface area contributed by atoms with Crippen molar-refractivity contribution in [3.05, 3.63) is 96.3 Å². The molecule has 7 nitrogen and oxygen atoms in total. The molecule has 0 fully saturated rings. The van der Waals surface area contributed by atoms with Gasteiger partial charge in [-0.2, -0.15) is 5.10 Å². The molecule has 0 spiro atoms. The van der Waals surface area contributed by atoms with Gasteiger partial charge in [-0.15, -0.1) is 0 Å². The van der Waals surface area contributed by atoms with Gasteiger partial charge in [-0.25, -0.2) is 4.52 Å². The molecule has 4 aromatic rings. The Morgan fingerprint density at radius 1 is 0.933 bits per heavy atom. The molecule has 4 rings (SSSR count). The predicted octanol–water partition coefficient (Wildman–Crippen LogP) is 3.28. The summed E-state index contributed by atoms with van der Waals surface area (Å²) in [6.07, 6.45) is 1.76. The maximum Gasteiger partial charge on any atom is 0.272 e. The van der Waals surface area contributed by atoms with Crippen molar-refractivity contribution in [1.82, 2.24) is 14.9 Å². The number of rotatable bonds is 7. The molecule has 2 N–H and O–H groups in total. The minimum Gasteiger partial charge on any atom is -0.489 e. The second-order valence-electron chi connectivity index (χ2n) is 6.63. The topological polar surface area (TPSA) is 84.7 Å². The highest BCUT2D eigenvalue weighted by Gasteiger charge is 2.12. The summed E-state index contributed by atoms with van der Waals surface area (Å²) >= 11 is 0. The number of para-hydroxylation sites is 1. The Bertz CT molecular complexity index is 1140. The van der Waals surface area contributed by atoms with Crippen LogP contribution in [0, 0.1) is 0 Å². The van der Waals surface area contributed by atoms with Gasteiger partial charge in [0.25, 0.3) is 5.91 Å². The van der Waals surface area contributed by atoms with E-state index in [-0.39, 0.29) is 18.1 Å². The first-order valence-corrected chi connectivity index (χ1v) is 9.47. The average Bonchev–Trinajstić information content (AvgIpc) is 3.21. The van der Waals surface area contributed by atoms with Gasteiger partial charge in [0, 0.05) is 11.9 Å². The van der Waals surface area contributed by atoms with Gasteiger partial charge in [0.15, 0.2) is 5.69 Å². The number of aromatic nitrogens is 2. The number of hydrogen-bond acceptors (Lipinski definition) is 4. The Morgan fingerprint density at radius 3 is 2.60 bits per heavy atom. The lowest BCUT2D eigenvalue weighted by atomic mass is 10.2. The molecule has 0 unspecified atom stereocenters. The van der Waals surface area contributed by atoms with Crippen LogP contribution < -0.4 is 15.4 Å². The molecule has 2 heterocycles. The van der Waals surface area contributed by atoms with Crippen LogP contribution in [0.5, 0.6) is 5.75 Å². The third kappa shape index (κ3) is 4.82. The fourth-order valence-corrected chi connectivity index (χ4v) is 2.93. The number of carbonyl (C=O) groups excluding carboxylic acids is 2. The molecular weight excluding hydrogens is 380 g/mol. The second-order valence-corrected chi connectivity index (χ2v) is 6.63. The average molecular weight is 400 g/mol. The molecule has 0 aliphatic heterocycles. The summed E-state index contributed by atoms with van der Waals surface area (Å²) in [5.74, 6) is 0.0497. The fraction of sp³-hybridized carbons (Fsp3) is 0.0870. The van der Waals surface area contributed by atoms with Gasteiger partial charge in [-0.05, 0) is 48.0 Å². The van der Waals surface area contributed by atoms with E-state index in [1.165, 1.54) is 0 Å². The van der Waals surface area contributed by atoms with Crippen molar-refractivity contribution in [3.8, 4) is 5.75 Å². The maximum absolute atomic E-state index is 12.3. The second kappa shape index (κ2) is 8.91. The monoisotopic (exact) mass is 400 g/mol. The standard InChI is InChI=1S/C23H20N4O3/c28-22(15-24-23(29)21-14-19-9-4-5-12-27(19)26-21)25-18-8-6-7-17(13-18)16-30-20-10-2-1-3-11-20/h1-14H,15-16H2,(H,24,29)(H,25,28). The lowest BCUT2D eigenvalue weighted by Gasteiger charge is -2.09. The van der Waals surface area contributed by atoms with E-state index >= 15 is 0 Å².